The normalized spacial score (nSPS) is 9.40. The number of benzene rings is 1. The van der Waals surface area contributed by atoms with Gasteiger partial charge in [-0.2, -0.15) is 5.21 Å². The highest BCUT2D eigenvalue weighted by atomic mass is 79.9. The fraction of sp³-hybridized carbons (Fsp3) is 0.100. The number of alkyl halides is 1. The Labute approximate surface area is 95.2 Å². The first kappa shape index (κ1) is 9.87. The van der Waals surface area contributed by atoms with E-state index in [9.17, 15) is 0 Å². The van der Waals surface area contributed by atoms with E-state index in [1.807, 2.05) is 24.3 Å². The molecule has 4 nitrogen and oxygen atoms in total. The van der Waals surface area contributed by atoms with Crippen LogP contribution in [0.5, 0.6) is 0 Å². The van der Waals surface area contributed by atoms with Crippen molar-refractivity contribution in [1.82, 2.24) is 20.6 Å². The second-order valence-corrected chi connectivity index (χ2v) is 3.31. The zero-order valence-electron chi connectivity index (χ0n) is 7.74. The van der Waals surface area contributed by atoms with Gasteiger partial charge in [-0.1, -0.05) is 27.8 Å². The lowest BCUT2D eigenvalue weighted by Crippen LogP contribution is -1.81. The minimum absolute atomic E-state index is 0.593. The molecule has 0 saturated carbocycles. The number of tetrazole rings is 1. The summed E-state index contributed by atoms with van der Waals surface area (Å²) >= 11 is 3.25. The summed E-state index contributed by atoms with van der Waals surface area (Å²) in [6, 6.07) is 7.70. The second kappa shape index (κ2) is 4.71. The fourth-order valence-electron chi connectivity index (χ4n) is 1.12. The summed E-state index contributed by atoms with van der Waals surface area (Å²) in [4.78, 5) is 0. The molecule has 0 aliphatic rings. The minimum atomic E-state index is 0.593. The van der Waals surface area contributed by atoms with Crippen LogP contribution in [0.1, 0.15) is 5.56 Å². The fourth-order valence-corrected chi connectivity index (χ4v) is 1.26. The zero-order chi connectivity index (χ0) is 10.5. The van der Waals surface area contributed by atoms with Gasteiger partial charge in [-0.25, -0.2) is 0 Å². The van der Waals surface area contributed by atoms with Crippen molar-refractivity contribution in [3.05, 3.63) is 29.8 Å². The van der Waals surface area contributed by atoms with Crippen molar-refractivity contribution in [2.45, 2.75) is 0 Å². The molecular weight excluding hydrogens is 256 g/mol. The predicted octanol–water partition coefficient (Wildman–Crippen LogP) is 1.61. The monoisotopic (exact) mass is 262 g/mol. The lowest BCUT2D eigenvalue weighted by molar-refractivity contribution is 0.881. The van der Waals surface area contributed by atoms with Crippen LogP contribution in [0.25, 0.3) is 11.4 Å². The molecule has 74 valence electrons. The minimum Gasteiger partial charge on any atom is -0.177 e. The lowest BCUT2D eigenvalue weighted by atomic mass is 10.1. The molecule has 15 heavy (non-hydrogen) atoms. The van der Waals surface area contributed by atoms with Crippen LogP contribution in [-0.4, -0.2) is 26.0 Å². The number of nitrogens with one attached hydrogen (secondary N) is 1. The first-order valence-electron chi connectivity index (χ1n) is 4.29. The average Bonchev–Trinajstić information content (AvgIpc) is 2.80. The van der Waals surface area contributed by atoms with Crippen molar-refractivity contribution in [2.24, 2.45) is 0 Å². The van der Waals surface area contributed by atoms with E-state index in [0.29, 0.717) is 11.2 Å². The Morgan fingerprint density at radius 3 is 2.67 bits per heavy atom. The standard InChI is InChI=1S/C10H7BrN4/c11-7-1-2-8-3-5-9(6-4-8)10-12-14-15-13-10/h3-6H,7H2,(H,12,13,14,15). The molecule has 1 aromatic heterocycles. The molecule has 1 aromatic carbocycles. The van der Waals surface area contributed by atoms with E-state index in [4.69, 9.17) is 0 Å². The first-order chi connectivity index (χ1) is 7.40. The van der Waals surface area contributed by atoms with E-state index in [2.05, 4.69) is 48.4 Å². The van der Waals surface area contributed by atoms with Crippen LogP contribution in [0.3, 0.4) is 0 Å². The summed E-state index contributed by atoms with van der Waals surface area (Å²) in [6.45, 7) is 0. The van der Waals surface area contributed by atoms with Gasteiger partial charge in [0.25, 0.3) is 0 Å². The van der Waals surface area contributed by atoms with Crippen molar-refractivity contribution in [2.75, 3.05) is 5.33 Å². The maximum atomic E-state index is 3.89. The number of hydrogen-bond acceptors (Lipinski definition) is 3. The summed E-state index contributed by atoms with van der Waals surface area (Å²) in [6.07, 6.45) is 0. The third-order valence-electron chi connectivity index (χ3n) is 1.79. The molecule has 0 amide bonds. The van der Waals surface area contributed by atoms with Crippen LogP contribution >= 0.6 is 15.9 Å². The number of rotatable bonds is 1. The number of hydrogen-bond donors (Lipinski definition) is 1. The van der Waals surface area contributed by atoms with Crippen LogP contribution in [0.4, 0.5) is 0 Å². The molecule has 2 aromatic rings. The van der Waals surface area contributed by atoms with E-state index < -0.39 is 0 Å². The van der Waals surface area contributed by atoms with E-state index in [1.165, 1.54) is 0 Å². The van der Waals surface area contributed by atoms with Crippen LogP contribution < -0.4 is 0 Å². The molecule has 0 saturated heterocycles. The third-order valence-corrected chi connectivity index (χ3v) is 2.07. The Morgan fingerprint density at radius 2 is 2.07 bits per heavy atom. The molecular formula is C10H7BrN4. The van der Waals surface area contributed by atoms with Gasteiger partial charge in [-0.3, -0.25) is 0 Å². The lowest BCUT2D eigenvalue weighted by Gasteiger charge is -1.93. The van der Waals surface area contributed by atoms with Crippen molar-refractivity contribution in [1.29, 1.82) is 0 Å². The van der Waals surface area contributed by atoms with E-state index in [0.717, 1.165) is 11.1 Å². The van der Waals surface area contributed by atoms with Gasteiger partial charge in [-0.15, -0.1) is 10.2 Å². The van der Waals surface area contributed by atoms with Crippen LogP contribution in [0, 0.1) is 11.8 Å². The molecule has 0 atom stereocenters. The van der Waals surface area contributed by atoms with E-state index >= 15 is 0 Å². The molecule has 0 radical (unpaired) electrons. The molecule has 0 fully saturated rings. The Bertz CT molecular complexity index is 478. The van der Waals surface area contributed by atoms with Gasteiger partial charge in [-0.05, 0) is 29.5 Å². The molecule has 5 heteroatoms. The maximum absolute atomic E-state index is 3.89. The van der Waals surface area contributed by atoms with Crippen molar-refractivity contribution in [3.63, 3.8) is 0 Å². The second-order valence-electron chi connectivity index (χ2n) is 2.75. The highest BCUT2D eigenvalue weighted by Gasteiger charge is 2.00. The van der Waals surface area contributed by atoms with Gasteiger partial charge >= 0.3 is 0 Å². The number of aromatic amines is 1. The quantitative estimate of drug-likeness (QED) is 0.628. The van der Waals surface area contributed by atoms with Crippen molar-refractivity contribution in [3.8, 4) is 23.2 Å². The summed E-state index contributed by atoms with van der Waals surface area (Å²) in [5, 5.41) is 14.4. The number of aromatic nitrogens is 4. The zero-order valence-corrected chi connectivity index (χ0v) is 9.32. The number of nitrogens with zero attached hydrogens (tertiary/aromatic N) is 3. The SMILES string of the molecule is BrCC#Cc1ccc(-c2nn[nH]n2)cc1. The van der Waals surface area contributed by atoms with Crippen LogP contribution in [0.2, 0.25) is 0 Å². The van der Waals surface area contributed by atoms with Gasteiger partial charge in [0.15, 0.2) is 0 Å². The van der Waals surface area contributed by atoms with E-state index in [1.54, 1.807) is 0 Å². The molecule has 0 unspecified atom stereocenters. The molecule has 1 heterocycles. The average molecular weight is 263 g/mol. The van der Waals surface area contributed by atoms with Gasteiger partial charge in [0.1, 0.15) is 0 Å². The summed E-state index contributed by atoms with van der Waals surface area (Å²) in [7, 11) is 0. The number of halogens is 1. The molecule has 2 rings (SSSR count). The molecule has 0 bridgehead atoms. The Morgan fingerprint density at radius 1 is 1.27 bits per heavy atom. The van der Waals surface area contributed by atoms with Crippen LogP contribution in [-0.2, 0) is 0 Å². The number of H-pyrrole nitrogens is 1. The summed E-state index contributed by atoms with van der Waals surface area (Å²) < 4.78 is 0. The van der Waals surface area contributed by atoms with Crippen molar-refractivity contribution >= 4 is 15.9 Å². The topological polar surface area (TPSA) is 54.5 Å². The summed E-state index contributed by atoms with van der Waals surface area (Å²) in [5.74, 6) is 6.53. The molecule has 1 N–H and O–H groups in total. The maximum Gasteiger partial charge on any atom is 0.204 e. The Kier molecular flexibility index (Phi) is 3.10. The molecule has 0 aliphatic carbocycles. The molecule has 0 spiro atoms. The van der Waals surface area contributed by atoms with Gasteiger partial charge in [0.05, 0.1) is 5.33 Å². The third kappa shape index (κ3) is 2.42. The molecule has 0 aliphatic heterocycles. The first-order valence-corrected chi connectivity index (χ1v) is 5.41. The van der Waals surface area contributed by atoms with Crippen LogP contribution in [0.15, 0.2) is 24.3 Å². The van der Waals surface area contributed by atoms with Crippen molar-refractivity contribution < 1.29 is 0 Å². The Hall–Kier alpha value is -1.67. The van der Waals surface area contributed by atoms with Gasteiger partial charge in [0.2, 0.25) is 5.82 Å². The summed E-state index contributed by atoms with van der Waals surface area (Å²) in [5.41, 5.74) is 1.90. The highest BCUT2D eigenvalue weighted by Crippen LogP contribution is 2.13. The van der Waals surface area contributed by atoms with Gasteiger partial charge < -0.3 is 0 Å². The van der Waals surface area contributed by atoms with E-state index in [-0.39, 0.29) is 0 Å². The smallest absolute Gasteiger partial charge is 0.177 e. The van der Waals surface area contributed by atoms with Gasteiger partial charge in [0, 0.05) is 11.1 Å². The highest BCUT2D eigenvalue weighted by molar-refractivity contribution is 9.09. The largest absolute Gasteiger partial charge is 0.204 e. The predicted molar refractivity (Wildman–Crippen MR) is 60.3 cm³/mol. The Balaban J connectivity index is 2.25.